The Balaban J connectivity index is 2.45. The Morgan fingerprint density at radius 2 is 1.81 bits per heavy atom. The van der Waals surface area contributed by atoms with E-state index in [9.17, 15) is 18.3 Å². The van der Waals surface area contributed by atoms with Crippen molar-refractivity contribution in [1.82, 2.24) is 0 Å². The van der Waals surface area contributed by atoms with Gasteiger partial charge < -0.3 is 5.11 Å². The Bertz CT molecular complexity index is 496. The smallest absolute Gasteiger partial charge is 0.194 e. The van der Waals surface area contributed by atoms with Crippen molar-refractivity contribution in [3.8, 4) is 0 Å². The van der Waals surface area contributed by atoms with Crippen molar-refractivity contribution >= 4 is 11.3 Å². The van der Waals surface area contributed by atoms with Gasteiger partial charge in [0.25, 0.3) is 0 Å². The quantitative estimate of drug-likeness (QED) is 0.804. The second kappa shape index (κ2) is 4.27. The van der Waals surface area contributed by atoms with E-state index in [-0.39, 0.29) is 5.56 Å². The van der Waals surface area contributed by atoms with Crippen LogP contribution in [-0.2, 0) is 0 Å². The molecule has 1 aromatic heterocycles. The summed E-state index contributed by atoms with van der Waals surface area (Å²) in [5.41, 5.74) is -0.263. The molecule has 0 bridgehead atoms. The predicted octanol–water partition coefficient (Wildman–Crippen LogP) is 3.25. The van der Waals surface area contributed by atoms with Crippen LogP contribution in [0.25, 0.3) is 0 Å². The molecule has 2 rings (SSSR count). The summed E-state index contributed by atoms with van der Waals surface area (Å²) in [6, 6.07) is 5.11. The molecule has 0 aliphatic rings. The molecule has 1 aromatic carbocycles. The Kier molecular flexibility index (Phi) is 2.98. The van der Waals surface area contributed by atoms with E-state index in [0.717, 1.165) is 12.1 Å². The first kappa shape index (κ1) is 11.2. The molecule has 1 unspecified atom stereocenters. The molecule has 0 spiro atoms. The van der Waals surface area contributed by atoms with Crippen molar-refractivity contribution < 1.29 is 18.3 Å². The minimum atomic E-state index is -1.56. The maximum Gasteiger partial charge on any atom is 0.194 e. The van der Waals surface area contributed by atoms with Crippen LogP contribution >= 0.6 is 11.3 Å². The van der Waals surface area contributed by atoms with Crippen LogP contribution in [0.4, 0.5) is 13.2 Å². The number of halogens is 3. The van der Waals surface area contributed by atoms with Gasteiger partial charge in [-0.2, -0.15) is 0 Å². The highest BCUT2D eigenvalue weighted by Gasteiger charge is 2.20. The monoisotopic (exact) mass is 244 g/mol. The summed E-state index contributed by atoms with van der Waals surface area (Å²) in [4.78, 5) is 0.477. The van der Waals surface area contributed by atoms with Gasteiger partial charge in [-0.3, -0.25) is 0 Å². The van der Waals surface area contributed by atoms with E-state index >= 15 is 0 Å². The molecule has 0 amide bonds. The molecule has 0 aliphatic heterocycles. The topological polar surface area (TPSA) is 20.2 Å². The summed E-state index contributed by atoms with van der Waals surface area (Å²) in [6.07, 6.45) is -1.27. The third-order valence-corrected chi connectivity index (χ3v) is 3.10. The standard InChI is InChI=1S/C11H7F3OS/c12-7-4-3-6(9(13)10(7)14)11(15)8-2-1-5-16-8/h1-5,11,15H. The van der Waals surface area contributed by atoms with Crippen molar-refractivity contribution in [2.24, 2.45) is 0 Å². The average molecular weight is 244 g/mol. The Hall–Kier alpha value is -1.33. The molecular formula is C11H7F3OS. The first-order valence-corrected chi connectivity index (χ1v) is 5.34. The van der Waals surface area contributed by atoms with E-state index in [2.05, 4.69) is 0 Å². The number of thiophene rings is 1. The second-order valence-corrected chi connectivity index (χ2v) is 4.16. The van der Waals surface area contributed by atoms with Crippen LogP contribution in [0.5, 0.6) is 0 Å². The SMILES string of the molecule is OC(c1cccs1)c1ccc(F)c(F)c1F. The van der Waals surface area contributed by atoms with E-state index < -0.39 is 23.6 Å². The van der Waals surface area contributed by atoms with Gasteiger partial charge in [0.05, 0.1) is 0 Å². The van der Waals surface area contributed by atoms with Gasteiger partial charge in [0.2, 0.25) is 0 Å². The van der Waals surface area contributed by atoms with Crippen LogP contribution in [-0.4, -0.2) is 5.11 Å². The van der Waals surface area contributed by atoms with E-state index in [4.69, 9.17) is 0 Å². The molecule has 5 heteroatoms. The summed E-state index contributed by atoms with van der Waals surface area (Å²) in [5, 5.41) is 11.5. The highest BCUT2D eigenvalue weighted by atomic mass is 32.1. The lowest BCUT2D eigenvalue weighted by atomic mass is 10.1. The molecule has 1 N–H and O–H groups in total. The third kappa shape index (κ3) is 1.83. The van der Waals surface area contributed by atoms with Crippen LogP contribution in [0.2, 0.25) is 0 Å². The van der Waals surface area contributed by atoms with Crippen LogP contribution in [0.15, 0.2) is 29.6 Å². The number of aliphatic hydroxyl groups excluding tert-OH is 1. The van der Waals surface area contributed by atoms with Gasteiger partial charge in [0, 0.05) is 10.4 Å². The van der Waals surface area contributed by atoms with Gasteiger partial charge in [0.1, 0.15) is 6.10 Å². The Morgan fingerprint density at radius 3 is 2.44 bits per heavy atom. The van der Waals surface area contributed by atoms with Crippen molar-refractivity contribution in [3.05, 3.63) is 57.5 Å². The number of aliphatic hydroxyl groups is 1. The van der Waals surface area contributed by atoms with Crippen LogP contribution < -0.4 is 0 Å². The number of hydrogen-bond donors (Lipinski definition) is 1. The highest BCUT2D eigenvalue weighted by Crippen LogP contribution is 2.29. The van der Waals surface area contributed by atoms with E-state index in [1.165, 1.54) is 11.3 Å². The third-order valence-electron chi connectivity index (χ3n) is 2.17. The molecule has 0 saturated heterocycles. The van der Waals surface area contributed by atoms with Crippen molar-refractivity contribution in [3.63, 3.8) is 0 Å². The molecule has 1 heterocycles. The lowest BCUT2D eigenvalue weighted by Crippen LogP contribution is -2.04. The predicted molar refractivity (Wildman–Crippen MR) is 54.7 cm³/mol. The minimum Gasteiger partial charge on any atom is -0.383 e. The number of rotatable bonds is 2. The Morgan fingerprint density at radius 1 is 1.06 bits per heavy atom. The lowest BCUT2D eigenvalue weighted by Gasteiger charge is -2.10. The molecule has 0 saturated carbocycles. The van der Waals surface area contributed by atoms with E-state index in [0.29, 0.717) is 4.88 Å². The molecule has 0 radical (unpaired) electrons. The summed E-state index contributed by atoms with van der Waals surface area (Å²) in [5.74, 6) is -4.17. The highest BCUT2D eigenvalue weighted by molar-refractivity contribution is 7.10. The first-order chi connectivity index (χ1) is 7.61. The maximum atomic E-state index is 13.3. The maximum absolute atomic E-state index is 13.3. The zero-order valence-electron chi connectivity index (χ0n) is 7.95. The second-order valence-electron chi connectivity index (χ2n) is 3.18. The summed E-state index contributed by atoms with van der Waals surface area (Å²) >= 11 is 1.21. The molecule has 1 atom stereocenters. The van der Waals surface area contributed by atoms with E-state index in [1.807, 2.05) is 0 Å². The van der Waals surface area contributed by atoms with Crippen molar-refractivity contribution in [1.29, 1.82) is 0 Å². The summed E-state index contributed by atoms with van der Waals surface area (Å²) < 4.78 is 38.9. The molecule has 16 heavy (non-hydrogen) atoms. The van der Waals surface area contributed by atoms with Gasteiger partial charge in [0.15, 0.2) is 17.5 Å². The number of hydrogen-bond acceptors (Lipinski definition) is 2. The van der Waals surface area contributed by atoms with Gasteiger partial charge in [-0.25, -0.2) is 13.2 Å². The number of benzene rings is 1. The average Bonchev–Trinajstić information content (AvgIpc) is 2.79. The molecule has 2 aromatic rings. The molecular weight excluding hydrogens is 237 g/mol. The molecule has 0 fully saturated rings. The van der Waals surface area contributed by atoms with Crippen LogP contribution in [0.1, 0.15) is 16.5 Å². The normalized spacial score (nSPS) is 12.8. The van der Waals surface area contributed by atoms with E-state index in [1.54, 1.807) is 17.5 Å². The largest absolute Gasteiger partial charge is 0.383 e. The van der Waals surface area contributed by atoms with Gasteiger partial charge in [-0.15, -0.1) is 11.3 Å². The fourth-order valence-electron chi connectivity index (χ4n) is 1.35. The van der Waals surface area contributed by atoms with Crippen molar-refractivity contribution in [2.45, 2.75) is 6.10 Å². The molecule has 84 valence electrons. The fraction of sp³-hybridized carbons (Fsp3) is 0.0909. The minimum absolute atomic E-state index is 0.263. The summed E-state index contributed by atoms with van der Waals surface area (Å²) in [6.45, 7) is 0. The van der Waals surface area contributed by atoms with Gasteiger partial charge >= 0.3 is 0 Å². The Labute approximate surface area is 93.8 Å². The zero-order chi connectivity index (χ0) is 11.7. The molecule has 0 aliphatic carbocycles. The summed E-state index contributed by atoms with van der Waals surface area (Å²) in [7, 11) is 0. The van der Waals surface area contributed by atoms with Gasteiger partial charge in [-0.1, -0.05) is 6.07 Å². The molecule has 1 nitrogen and oxygen atoms in total. The van der Waals surface area contributed by atoms with Crippen molar-refractivity contribution in [2.75, 3.05) is 0 Å². The fourth-order valence-corrected chi connectivity index (χ4v) is 2.08. The first-order valence-electron chi connectivity index (χ1n) is 4.46. The lowest BCUT2D eigenvalue weighted by molar-refractivity contribution is 0.216. The zero-order valence-corrected chi connectivity index (χ0v) is 8.77. The van der Waals surface area contributed by atoms with Crippen LogP contribution in [0.3, 0.4) is 0 Å². The van der Waals surface area contributed by atoms with Gasteiger partial charge in [-0.05, 0) is 23.6 Å². The van der Waals surface area contributed by atoms with Crippen LogP contribution in [0, 0.1) is 17.5 Å².